The van der Waals surface area contributed by atoms with Gasteiger partial charge in [0, 0.05) is 18.0 Å². The number of hydrogen-bond donors (Lipinski definition) is 2. The third kappa shape index (κ3) is 3.12. The standard InChI is InChI=1S/C12H20N2O2S2/c1-3-12(6-7-12)9-14-18(15,16)11-5-4-10(17-11)8-13-2/h4-5,13-14H,3,6-9H2,1-2H3. The maximum atomic E-state index is 12.1. The van der Waals surface area contributed by atoms with Crippen molar-refractivity contribution in [1.29, 1.82) is 0 Å². The first-order valence-corrected chi connectivity index (χ1v) is 8.54. The van der Waals surface area contributed by atoms with E-state index in [1.165, 1.54) is 11.3 Å². The molecule has 1 heterocycles. The van der Waals surface area contributed by atoms with Crippen molar-refractivity contribution in [3.8, 4) is 0 Å². The van der Waals surface area contributed by atoms with Crippen molar-refractivity contribution < 1.29 is 8.42 Å². The van der Waals surface area contributed by atoms with Gasteiger partial charge in [-0.3, -0.25) is 0 Å². The van der Waals surface area contributed by atoms with Gasteiger partial charge in [0.15, 0.2) is 0 Å². The highest BCUT2D eigenvalue weighted by Crippen LogP contribution is 2.48. The summed E-state index contributed by atoms with van der Waals surface area (Å²) in [6.07, 6.45) is 3.33. The Kier molecular flexibility index (Phi) is 4.11. The molecule has 18 heavy (non-hydrogen) atoms. The van der Waals surface area contributed by atoms with E-state index in [0.717, 1.165) is 24.1 Å². The summed E-state index contributed by atoms with van der Waals surface area (Å²) in [7, 11) is -1.47. The van der Waals surface area contributed by atoms with Crippen molar-refractivity contribution in [2.75, 3.05) is 13.6 Å². The molecule has 0 atom stereocenters. The minimum atomic E-state index is -3.32. The van der Waals surface area contributed by atoms with E-state index in [4.69, 9.17) is 0 Å². The zero-order valence-electron chi connectivity index (χ0n) is 10.8. The van der Waals surface area contributed by atoms with Crippen LogP contribution in [0.25, 0.3) is 0 Å². The quantitative estimate of drug-likeness (QED) is 0.806. The topological polar surface area (TPSA) is 58.2 Å². The van der Waals surface area contributed by atoms with Crippen molar-refractivity contribution in [1.82, 2.24) is 10.0 Å². The third-order valence-electron chi connectivity index (χ3n) is 3.60. The Bertz CT molecular complexity index is 504. The van der Waals surface area contributed by atoms with Crippen LogP contribution in [0.4, 0.5) is 0 Å². The van der Waals surface area contributed by atoms with Gasteiger partial charge in [0.2, 0.25) is 10.0 Å². The van der Waals surface area contributed by atoms with Gasteiger partial charge in [-0.1, -0.05) is 6.92 Å². The summed E-state index contributed by atoms with van der Waals surface area (Å²) in [6.45, 7) is 3.40. The van der Waals surface area contributed by atoms with Crippen molar-refractivity contribution in [3.63, 3.8) is 0 Å². The highest BCUT2D eigenvalue weighted by atomic mass is 32.2. The molecule has 102 valence electrons. The van der Waals surface area contributed by atoms with E-state index in [-0.39, 0.29) is 5.41 Å². The second-order valence-electron chi connectivity index (χ2n) is 4.93. The molecule has 0 bridgehead atoms. The van der Waals surface area contributed by atoms with Crippen LogP contribution in [-0.4, -0.2) is 22.0 Å². The Morgan fingerprint density at radius 2 is 2.11 bits per heavy atom. The maximum absolute atomic E-state index is 12.1. The number of sulfonamides is 1. The first-order valence-electron chi connectivity index (χ1n) is 6.24. The van der Waals surface area contributed by atoms with Crippen molar-refractivity contribution in [3.05, 3.63) is 17.0 Å². The van der Waals surface area contributed by atoms with Crippen LogP contribution in [0.15, 0.2) is 16.3 Å². The number of hydrogen-bond acceptors (Lipinski definition) is 4. The molecule has 0 radical (unpaired) electrons. The molecule has 1 aromatic rings. The molecule has 1 aromatic heterocycles. The predicted octanol–water partition coefficient (Wildman–Crippen LogP) is 1.94. The number of thiophene rings is 1. The van der Waals surface area contributed by atoms with Crippen molar-refractivity contribution >= 4 is 21.4 Å². The first kappa shape index (κ1) is 14.0. The van der Waals surface area contributed by atoms with Crippen LogP contribution in [0.2, 0.25) is 0 Å². The molecule has 1 aliphatic carbocycles. The highest BCUT2D eigenvalue weighted by Gasteiger charge is 2.41. The lowest BCUT2D eigenvalue weighted by Gasteiger charge is -2.12. The second-order valence-corrected chi connectivity index (χ2v) is 8.09. The third-order valence-corrected chi connectivity index (χ3v) is 6.58. The number of nitrogens with one attached hydrogen (secondary N) is 2. The van der Waals surface area contributed by atoms with Crippen molar-refractivity contribution in [2.45, 2.75) is 36.9 Å². The fourth-order valence-electron chi connectivity index (χ4n) is 1.92. The zero-order valence-corrected chi connectivity index (χ0v) is 12.5. The Hall–Kier alpha value is -0.430. The first-order chi connectivity index (χ1) is 8.51. The zero-order chi connectivity index (χ0) is 13.2. The highest BCUT2D eigenvalue weighted by molar-refractivity contribution is 7.91. The van der Waals surface area contributed by atoms with Gasteiger partial charge in [-0.25, -0.2) is 13.1 Å². The Morgan fingerprint density at radius 1 is 1.39 bits per heavy atom. The summed E-state index contributed by atoms with van der Waals surface area (Å²) in [5.41, 5.74) is 0.234. The summed E-state index contributed by atoms with van der Waals surface area (Å²) >= 11 is 1.33. The molecule has 0 unspecified atom stereocenters. The second kappa shape index (κ2) is 5.28. The molecule has 1 aliphatic rings. The van der Waals surface area contributed by atoms with Gasteiger partial charge < -0.3 is 5.32 Å². The van der Waals surface area contributed by atoms with Gasteiger partial charge in [0.1, 0.15) is 4.21 Å². The normalized spacial score (nSPS) is 17.9. The van der Waals surface area contributed by atoms with E-state index in [1.807, 2.05) is 13.1 Å². The molecule has 6 heteroatoms. The molecule has 1 saturated carbocycles. The predicted molar refractivity (Wildman–Crippen MR) is 74.2 cm³/mol. The van der Waals surface area contributed by atoms with E-state index < -0.39 is 10.0 Å². The minimum absolute atomic E-state index is 0.234. The van der Waals surface area contributed by atoms with Crippen LogP contribution < -0.4 is 10.0 Å². The Labute approximate surface area is 113 Å². The molecule has 2 rings (SSSR count). The van der Waals surface area contributed by atoms with Gasteiger partial charge in [-0.15, -0.1) is 11.3 Å². The molecule has 0 aromatic carbocycles. The monoisotopic (exact) mass is 288 g/mol. The lowest BCUT2D eigenvalue weighted by atomic mass is 10.1. The van der Waals surface area contributed by atoms with Crippen LogP contribution >= 0.6 is 11.3 Å². The van der Waals surface area contributed by atoms with E-state index in [1.54, 1.807) is 6.07 Å². The molecule has 0 amide bonds. The molecular formula is C12H20N2O2S2. The molecule has 4 nitrogen and oxygen atoms in total. The smallest absolute Gasteiger partial charge is 0.250 e. The summed E-state index contributed by atoms with van der Waals surface area (Å²) in [5, 5.41) is 3.02. The van der Waals surface area contributed by atoms with Gasteiger partial charge in [0.25, 0.3) is 0 Å². The van der Waals surface area contributed by atoms with Crippen LogP contribution in [-0.2, 0) is 16.6 Å². The Morgan fingerprint density at radius 3 is 2.67 bits per heavy atom. The van der Waals surface area contributed by atoms with Crippen LogP contribution in [0.1, 0.15) is 31.1 Å². The van der Waals surface area contributed by atoms with E-state index >= 15 is 0 Å². The number of rotatable bonds is 7. The molecule has 1 fully saturated rings. The van der Waals surface area contributed by atoms with Crippen molar-refractivity contribution in [2.24, 2.45) is 5.41 Å². The largest absolute Gasteiger partial charge is 0.315 e. The van der Waals surface area contributed by atoms with Gasteiger partial charge in [0.05, 0.1) is 0 Å². The summed E-state index contributed by atoms with van der Waals surface area (Å²) in [4.78, 5) is 1.04. The fourth-order valence-corrected chi connectivity index (χ4v) is 4.49. The molecule has 2 N–H and O–H groups in total. The Balaban J connectivity index is 2.01. The average molecular weight is 288 g/mol. The fraction of sp³-hybridized carbons (Fsp3) is 0.667. The summed E-state index contributed by atoms with van der Waals surface area (Å²) in [5.74, 6) is 0. The van der Waals surface area contributed by atoms with Gasteiger partial charge in [-0.05, 0) is 43.9 Å². The van der Waals surface area contributed by atoms with Gasteiger partial charge in [-0.2, -0.15) is 0 Å². The van der Waals surface area contributed by atoms with Gasteiger partial charge >= 0.3 is 0 Å². The molecule has 0 saturated heterocycles. The van der Waals surface area contributed by atoms with Crippen LogP contribution in [0, 0.1) is 5.41 Å². The lowest BCUT2D eigenvalue weighted by molar-refractivity contribution is 0.476. The SMILES string of the molecule is CCC1(CNS(=O)(=O)c2ccc(CNC)s2)CC1. The summed E-state index contributed by atoms with van der Waals surface area (Å²) in [6, 6.07) is 3.55. The lowest BCUT2D eigenvalue weighted by Crippen LogP contribution is -2.29. The summed E-state index contributed by atoms with van der Waals surface area (Å²) < 4.78 is 27.4. The average Bonchev–Trinajstić information content (AvgIpc) is 2.98. The van der Waals surface area contributed by atoms with E-state index in [0.29, 0.717) is 17.3 Å². The van der Waals surface area contributed by atoms with E-state index in [2.05, 4.69) is 17.0 Å². The van der Waals surface area contributed by atoms with Crippen LogP contribution in [0.5, 0.6) is 0 Å². The van der Waals surface area contributed by atoms with E-state index in [9.17, 15) is 8.42 Å². The molecule has 0 aliphatic heterocycles. The molecular weight excluding hydrogens is 268 g/mol. The van der Waals surface area contributed by atoms with Crippen LogP contribution in [0.3, 0.4) is 0 Å². The maximum Gasteiger partial charge on any atom is 0.250 e. The molecule has 0 spiro atoms. The minimum Gasteiger partial charge on any atom is -0.315 e.